The molecule has 0 aromatic heterocycles. The zero-order valence-corrected chi connectivity index (χ0v) is 31.8. The van der Waals surface area contributed by atoms with E-state index in [1.807, 2.05) is 6.92 Å². The molecule has 0 amide bonds. The standard InChI is InChI=1S/C38H60O18/c1-16-11-37-9-5-20-35(2,7-4-8-36(20,3)34(50)55-32-29(49)26(46)23(43)18(13-40)52-32)21(37)6-10-38(16,15-37)56-33-30(27(47)24(44)19(14-41)53-33)54-31-28(48)25(45)22(42)17(12-39)51-31/h17-33,39-49H,1,4-15H2,2-3H3/t17-,18-,19-,20-,21-,22-,23-,24-,25+,26+,27+,28-,29-,30-,31+,32+,33-,35+,36-,37+,38-/m1/s1. The first kappa shape index (κ1) is 42.7. The molecule has 3 saturated heterocycles. The largest absolute Gasteiger partial charge is 0.432 e. The minimum atomic E-state index is -1.81. The Morgan fingerprint density at radius 1 is 0.679 bits per heavy atom. The maximum absolute atomic E-state index is 14.1. The first-order valence-corrected chi connectivity index (χ1v) is 19.9. The van der Waals surface area contributed by atoms with Crippen molar-refractivity contribution in [3.05, 3.63) is 12.2 Å². The molecule has 0 unspecified atom stereocenters. The summed E-state index contributed by atoms with van der Waals surface area (Å²) >= 11 is 0. The fraction of sp³-hybridized carbons (Fsp3) is 0.921. The van der Waals surface area contributed by atoms with Crippen LogP contribution in [0.5, 0.6) is 0 Å². The van der Waals surface area contributed by atoms with Gasteiger partial charge in [0, 0.05) is 0 Å². The van der Waals surface area contributed by atoms with Crippen molar-refractivity contribution in [1.29, 1.82) is 0 Å². The van der Waals surface area contributed by atoms with Gasteiger partial charge in [-0.1, -0.05) is 19.9 Å². The third-order valence-corrected chi connectivity index (χ3v) is 15.0. The fourth-order valence-electron chi connectivity index (χ4n) is 12.0. The predicted octanol–water partition coefficient (Wildman–Crippen LogP) is -2.94. The van der Waals surface area contributed by atoms with E-state index in [1.54, 1.807) is 0 Å². The zero-order chi connectivity index (χ0) is 40.7. The van der Waals surface area contributed by atoms with Gasteiger partial charge in [-0.3, -0.25) is 4.79 Å². The number of carbonyl (C=O) groups is 1. The summed E-state index contributed by atoms with van der Waals surface area (Å²) in [5.41, 5.74) is -1.80. The molecular formula is C38H60O18. The second-order valence-electron chi connectivity index (χ2n) is 18.0. The summed E-state index contributed by atoms with van der Waals surface area (Å²) in [5.74, 6) is -0.591. The lowest BCUT2D eigenvalue weighted by Gasteiger charge is -2.64. The average Bonchev–Trinajstić information content (AvgIpc) is 3.37. The number of rotatable bonds is 9. The van der Waals surface area contributed by atoms with Gasteiger partial charge < -0.3 is 84.6 Å². The third kappa shape index (κ3) is 6.69. The highest BCUT2D eigenvalue weighted by molar-refractivity contribution is 5.77. The molecule has 4 aliphatic carbocycles. The molecule has 18 heteroatoms. The molecule has 2 bridgehead atoms. The maximum Gasteiger partial charge on any atom is 0.314 e. The molecule has 18 nitrogen and oxygen atoms in total. The third-order valence-electron chi connectivity index (χ3n) is 15.0. The van der Waals surface area contributed by atoms with E-state index < -0.39 is 129 Å². The first-order chi connectivity index (χ1) is 26.4. The van der Waals surface area contributed by atoms with Gasteiger partial charge in [0.2, 0.25) is 6.29 Å². The van der Waals surface area contributed by atoms with Crippen LogP contribution in [0, 0.1) is 28.1 Å². The van der Waals surface area contributed by atoms with Gasteiger partial charge >= 0.3 is 5.97 Å². The van der Waals surface area contributed by atoms with Crippen LogP contribution < -0.4 is 0 Å². The van der Waals surface area contributed by atoms with Gasteiger partial charge in [0.05, 0.1) is 30.8 Å². The van der Waals surface area contributed by atoms with E-state index in [-0.39, 0.29) is 22.7 Å². The van der Waals surface area contributed by atoms with Crippen LogP contribution in [0.4, 0.5) is 0 Å². The highest BCUT2D eigenvalue weighted by Gasteiger charge is 2.69. The van der Waals surface area contributed by atoms with Crippen LogP contribution in [0.25, 0.3) is 0 Å². The molecule has 7 aliphatic rings. The molecule has 320 valence electrons. The molecule has 3 aliphatic heterocycles. The van der Waals surface area contributed by atoms with E-state index in [2.05, 4.69) is 13.5 Å². The number of hydrogen-bond acceptors (Lipinski definition) is 18. The number of esters is 1. The van der Waals surface area contributed by atoms with Crippen molar-refractivity contribution in [2.75, 3.05) is 19.8 Å². The molecular weight excluding hydrogens is 744 g/mol. The highest BCUT2D eigenvalue weighted by Crippen LogP contribution is 2.73. The topological polar surface area (TPSA) is 295 Å². The molecule has 7 rings (SSSR count). The lowest BCUT2D eigenvalue weighted by atomic mass is 9.41. The lowest BCUT2D eigenvalue weighted by Crippen LogP contribution is -2.65. The molecule has 7 fully saturated rings. The van der Waals surface area contributed by atoms with Gasteiger partial charge in [0.25, 0.3) is 0 Å². The van der Waals surface area contributed by atoms with Gasteiger partial charge in [-0.2, -0.15) is 0 Å². The van der Waals surface area contributed by atoms with Crippen LogP contribution in [-0.2, 0) is 33.2 Å². The smallest absolute Gasteiger partial charge is 0.314 e. The Bertz CT molecular complexity index is 1450. The minimum Gasteiger partial charge on any atom is -0.432 e. The predicted molar refractivity (Wildman–Crippen MR) is 186 cm³/mol. The SMILES string of the molecule is C=C1C[C@]23CC[C@@H]4[C@](C)(CCC[C@@]4(C)C(=O)O[C@@H]4O[C@H](CO)[C@@H](O)[C@H](O)[C@H]4O)[C@H]2CC[C@@]1(O[C@H]1O[C@H](CO)[C@@H](O)[C@H](O)[C@H]1O[C@@H]1O[C@H](CO)[C@@H](O)[C@H](O)[C@H]1O)C3. The van der Waals surface area contributed by atoms with Crippen molar-refractivity contribution in [3.8, 4) is 0 Å². The molecule has 0 aromatic rings. The van der Waals surface area contributed by atoms with E-state index in [4.69, 9.17) is 28.4 Å². The molecule has 21 atom stereocenters. The van der Waals surface area contributed by atoms with E-state index in [0.717, 1.165) is 18.4 Å². The number of hydrogen-bond donors (Lipinski definition) is 11. The maximum atomic E-state index is 14.1. The second kappa shape index (κ2) is 15.6. The van der Waals surface area contributed by atoms with Crippen molar-refractivity contribution in [2.24, 2.45) is 28.1 Å². The van der Waals surface area contributed by atoms with Crippen LogP contribution in [0.3, 0.4) is 0 Å². The molecule has 4 saturated carbocycles. The van der Waals surface area contributed by atoms with Crippen molar-refractivity contribution >= 4 is 5.97 Å². The quantitative estimate of drug-likeness (QED) is 0.0631. The lowest BCUT2D eigenvalue weighted by molar-refractivity contribution is -0.378. The van der Waals surface area contributed by atoms with Crippen molar-refractivity contribution in [3.63, 3.8) is 0 Å². The number of fused-ring (bicyclic) bond motifs is 3. The molecule has 11 N–H and O–H groups in total. The summed E-state index contributed by atoms with van der Waals surface area (Å²) in [6, 6.07) is 0. The van der Waals surface area contributed by atoms with Crippen molar-refractivity contribution in [1.82, 2.24) is 0 Å². The normalized spacial score (nSPS) is 54.6. The Hall–Kier alpha value is -1.43. The van der Waals surface area contributed by atoms with Gasteiger partial charge in [-0.05, 0) is 86.5 Å². The Balaban J connectivity index is 1.10. The Kier molecular flexibility index (Phi) is 11.9. The Labute approximate surface area is 324 Å². The van der Waals surface area contributed by atoms with Crippen molar-refractivity contribution < 1.29 is 89.4 Å². The van der Waals surface area contributed by atoms with Crippen LogP contribution in [0.2, 0.25) is 0 Å². The van der Waals surface area contributed by atoms with E-state index in [0.29, 0.717) is 44.9 Å². The summed E-state index contributed by atoms with van der Waals surface area (Å²) < 4.78 is 35.6. The molecule has 1 spiro atoms. The number of ether oxygens (including phenoxy) is 6. The first-order valence-electron chi connectivity index (χ1n) is 19.9. The molecule has 0 radical (unpaired) electrons. The van der Waals surface area contributed by atoms with Crippen LogP contribution >= 0.6 is 0 Å². The van der Waals surface area contributed by atoms with Crippen LogP contribution in [0.15, 0.2) is 12.2 Å². The fourth-order valence-corrected chi connectivity index (χ4v) is 12.0. The highest BCUT2D eigenvalue weighted by atomic mass is 16.8. The van der Waals surface area contributed by atoms with Gasteiger partial charge in [0.15, 0.2) is 12.6 Å². The Morgan fingerprint density at radius 3 is 1.82 bits per heavy atom. The number of aliphatic hydroxyl groups excluding tert-OH is 11. The number of aliphatic hydroxyl groups is 11. The van der Waals surface area contributed by atoms with Crippen molar-refractivity contribution in [2.45, 2.75) is 169 Å². The second-order valence-corrected chi connectivity index (χ2v) is 18.0. The summed E-state index contributed by atoms with van der Waals surface area (Å²) in [4.78, 5) is 14.1. The minimum absolute atomic E-state index is 0.121. The average molecular weight is 805 g/mol. The van der Waals surface area contributed by atoms with Gasteiger partial charge in [-0.15, -0.1) is 0 Å². The zero-order valence-electron chi connectivity index (χ0n) is 31.8. The number of carbonyl (C=O) groups excluding carboxylic acids is 1. The van der Waals surface area contributed by atoms with Crippen LogP contribution in [-0.4, -0.2) is 180 Å². The summed E-state index contributed by atoms with van der Waals surface area (Å²) in [6.45, 7) is 6.52. The summed E-state index contributed by atoms with van der Waals surface area (Å²) in [6.07, 6.45) is -17.8. The monoisotopic (exact) mass is 804 g/mol. The summed E-state index contributed by atoms with van der Waals surface area (Å²) in [5, 5.41) is 114. The molecule has 3 heterocycles. The Morgan fingerprint density at radius 2 is 1.21 bits per heavy atom. The van der Waals surface area contributed by atoms with E-state index >= 15 is 0 Å². The molecule has 56 heavy (non-hydrogen) atoms. The van der Waals surface area contributed by atoms with Gasteiger partial charge in [-0.25, -0.2) is 0 Å². The van der Waals surface area contributed by atoms with E-state index in [9.17, 15) is 61.0 Å². The molecule has 0 aromatic carbocycles. The van der Waals surface area contributed by atoms with Crippen LogP contribution in [0.1, 0.15) is 71.6 Å². The van der Waals surface area contributed by atoms with Gasteiger partial charge in [0.1, 0.15) is 73.2 Å². The summed E-state index contributed by atoms with van der Waals surface area (Å²) in [7, 11) is 0. The van der Waals surface area contributed by atoms with E-state index in [1.165, 1.54) is 0 Å².